The summed E-state index contributed by atoms with van der Waals surface area (Å²) in [5, 5.41) is 9.27. The Morgan fingerprint density at radius 2 is 2.00 bits per heavy atom. The molecule has 1 aliphatic carbocycles. The molecule has 1 saturated heterocycles. The standard InChI is InChI=1S/C15H15NO5/c17-12-7-10-6-11(12)16(13(10)14(18)19)15(20)21-8-9-4-2-1-3-5-9/h1-5,10-11,13H,6-8H2,(H,18,19)/t10-,11+,13+/m1/s1. The van der Waals surface area contributed by atoms with Gasteiger partial charge in [-0.1, -0.05) is 30.3 Å². The van der Waals surface area contributed by atoms with Crippen LogP contribution in [0.15, 0.2) is 30.3 Å². The van der Waals surface area contributed by atoms with E-state index in [0.717, 1.165) is 10.5 Å². The minimum Gasteiger partial charge on any atom is -0.480 e. The molecule has 2 aliphatic rings. The number of piperidine rings is 1. The molecule has 6 heteroatoms. The van der Waals surface area contributed by atoms with Crippen LogP contribution in [-0.2, 0) is 20.9 Å². The number of rotatable bonds is 3. The second-order valence-electron chi connectivity index (χ2n) is 5.41. The molecule has 0 aromatic heterocycles. The van der Waals surface area contributed by atoms with Crippen molar-refractivity contribution in [3.8, 4) is 0 Å². The number of Topliss-reactive ketones (excluding diaryl/α,β-unsaturated/α-hetero) is 1. The van der Waals surface area contributed by atoms with Crippen LogP contribution in [0, 0.1) is 5.92 Å². The van der Waals surface area contributed by atoms with Gasteiger partial charge in [-0.3, -0.25) is 9.69 Å². The molecule has 2 bridgehead atoms. The Morgan fingerprint density at radius 1 is 1.29 bits per heavy atom. The summed E-state index contributed by atoms with van der Waals surface area (Å²) in [4.78, 5) is 36.3. The maximum absolute atomic E-state index is 12.2. The van der Waals surface area contributed by atoms with Gasteiger partial charge in [0.25, 0.3) is 0 Å². The average molecular weight is 289 g/mol. The van der Waals surface area contributed by atoms with Crippen LogP contribution >= 0.6 is 0 Å². The highest BCUT2D eigenvalue weighted by molar-refractivity contribution is 5.95. The number of ether oxygens (including phenoxy) is 1. The zero-order valence-electron chi connectivity index (χ0n) is 11.3. The summed E-state index contributed by atoms with van der Waals surface area (Å²) < 4.78 is 5.16. The fourth-order valence-electron chi connectivity index (χ4n) is 3.18. The van der Waals surface area contributed by atoms with Gasteiger partial charge in [0.1, 0.15) is 12.6 Å². The van der Waals surface area contributed by atoms with Crippen LogP contribution in [-0.4, -0.2) is 39.9 Å². The number of fused-ring (bicyclic) bond motifs is 2. The van der Waals surface area contributed by atoms with Crippen molar-refractivity contribution in [1.29, 1.82) is 0 Å². The molecule has 3 atom stereocenters. The third-order valence-electron chi connectivity index (χ3n) is 4.11. The molecule has 1 aromatic carbocycles. The molecule has 1 heterocycles. The summed E-state index contributed by atoms with van der Waals surface area (Å²) >= 11 is 0. The van der Waals surface area contributed by atoms with E-state index in [4.69, 9.17) is 4.74 Å². The number of hydrogen-bond acceptors (Lipinski definition) is 4. The molecule has 1 aliphatic heterocycles. The fraction of sp³-hybridized carbons (Fsp3) is 0.400. The maximum atomic E-state index is 12.2. The summed E-state index contributed by atoms with van der Waals surface area (Å²) in [5.41, 5.74) is 0.813. The summed E-state index contributed by atoms with van der Waals surface area (Å²) in [5.74, 6) is -1.44. The molecule has 0 unspecified atom stereocenters. The van der Waals surface area contributed by atoms with Crippen molar-refractivity contribution in [2.75, 3.05) is 0 Å². The lowest BCUT2D eigenvalue weighted by atomic mass is 9.99. The van der Waals surface area contributed by atoms with Gasteiger partial charge in [-0.15, -0.1) is 0 Å². The van der Waals surface area contributed by atoms with E-state index in [1.807, 2.05) is 30.3 Å². The predicted molar refractivity (Wildman–Crippen MR) is 71.4 cm³/mol. The molecule has 0 spiro atoms. The number of aliphatic carboxylic acids is 1. The van der Waals surface area contributed by atoms with E-state index in [0.29, 0.717) is 6.42 Å². The molecule has 6 nitrogen and oxygen atoms in total. The normalized spacial score (nSPS) is 27.0. The van der Waals surface area contributed by atoms with Gasteiger partial charge in [-0.25, -0.2) is 9.59 Å². The molecule has 1 amide bonds. The van der Waals surface area contributed by atoms with E-state index in [9.17, 15) is 19.5 Å². The SMILES string of the molecule is O=C(O)[C@@H]1[C@H]2CC(=O)[C@H](C2)N1C(=O)OCc1ccccc1. The van der Waals surface area contributed by atoms with Gasteiger partial charge >= 0.3 is 12.1 Å². The first kappa shape index (κ1) is 13.6. The van der Waals surface area contributed by atoms with E-state index >= 15 is 0 Å². The van der Waals surface area contributed by atoms with Gasteiger partial charge in [0.2, 0.25) is 0 Å². The molecule has 1 saturated carbocycles. The minimum atomic E-state index is -1.08. The van der Waals surface area contributed by atoms with E-state index in [-0.39, 0.29) is 24.7 Å². The van der Waals surface area contributed by atoms with E-state index in [1.54, 1.807) is 0 Å². The first-order chi connectivity index (χ1) is 10.1. The first-order valence-electron chi connectivity index (χ1n) is 6.82. The third kappa shape index (κ3) is 2.37. The van der Waals surface area contributed by atoms with Crippen molar-refractivity contribution < 1.29 is 24.2 Å². The Morgan fingerprint density at radius 3 is 2.67 bits per heavy atom. The highest BCUT2D eigenvalue weighted by Crippen LogP contribution is 2.40. The van der Waals surface area contributed by atoms with E-state index in [1.165, 1.54) is 0 Å². The second-order valence-corrected chi connectivity index (χ2v) is 5.41. The number of hydrogen-bond donors (Lipinski definition) is 1. The molecular weight excluding hydrogens is 274 g/mol. The maximum Gasteiger partial charge on any atom is 0.411 e. The molecule has 21 heavy (non-hydrogen) atoms. The van der Waals surface area contributed by atoms with Gasteiger partial charge in [-0.2, -0.15) is 0 Å². The lowest BCUT2D eigenvalue weighted by Crippen LogP contribution is -2.52. The molecule has 110 valence electrons. The third-order valence-corrected chi connectivity index (χ3v) is 4.11. The minimum absolute atomic E-state index is 0.0636. The van der Waals surface area contributed by atoms with Crippen molar-refractivity contribution >= 4 is 17.8 Å². The number of amides is 1. The van der Waals surface area contributed by atoms with Crippen LogP contribution in [0.25, 0.3) is 0 Å². The molecular formula is C15H15NO5. The Balaban J connectivity index is 1.71. The zero-order valence-corrected chi connectivity index (χ0v) is 11.3. The lowest BCUT2D eigenvalue weighted by molar-refractivity contribution is -0.145. The van der Waals surface area contributed by atoms with Crippen LogP contribution in [0.1, 0.15) is 18.4 Å². The first-order valence-corrected chi connectivity index (χ1v) is 6.82. The highest BCUT2D eigenvalue weighted by Gasteiger charge is 2.56. The molecule has 0 radical (unpaired) electrons. The Hall–Kier alpha value is -2.37. The van der Waals surface area contributed by atoms with Crippen molar-refractivity contribution in [2.45, 2.75) is 31.5 Å². The number of carboxylic acid groups (broad SMARTS) is 1. The number of benzene rings is 1. The van der Waals surface area contributed by atoms with Crippen LogP contribution in [0.3, 0.4) is 0 Å². The summed E-state index contributed by atoms with van der Waals surface area (Å²) in [6.07, 6.45) is -0.0628. The highest BCUT2D eigenvalue weighted by atomic mass is 16.6. The predicted octanol–water partition coefficient (Wildman–Crippen LogP) is 1.44. The smallest absolute Gasteiger partial charge is 0.411 e. The van der Waals surface area contributed by atoms with Crippen LogP contribution in [0.5, 0.6) is 0 Å². The fourth-order valence-corrected chi connectivity index (χ4v) is 3.18. The van der Waals surface area contributed by atoms with Gasteiger partial charge in [0.15, 0.2) is 5.78 Å². The van der Waals surface area contributed by atoms with Gasteiger partial charge < -0.3 is 9.84 Å². The summed E-state index contributed by atoms with van der Waals surface area (Å²) in [6.45, 7) is 0.0636. The number of likely N-dealkylation sites (tertiary alicyclic amines) is 1. The van der Waals surface area contributed by atoms with Gasteiger partial charge in [-0.05, 0) is 17.9 Å². The van der Waals surface area contributed by atoms with Crippen LogP contribution in [0.2, 0.25) is 0 Å². The molecule has 2 fully saturated rings. The number of ketones is 1. The van der Waals surface area contributed by atoms with Crippen molar-refractivity contribution in [2.24, 2.45) is 5.92 Å². The number of carboxylic acids is 1. The molecule has 3 rings (SSSR count). The Labute approximate surface area is 121 Å². The van der Waals surface area contributed by atoms with Gasteiger partial charge in [0, 0.05) is 6.42 Å². The quantitative estimate of drug-likeness (QED) is 0.910. The van der Waals surface area contributed by atoms with Crippen molar-refractivity contribution in [1.82, 2.24) is 4.90 Å². The topological polar surface area (TPSA) is 83.9 Å². The van der Waals surface area contributed by atoms with Crippen LogP contribution in [0.4, 0.5) is 4.79 Å². The summed E-state index contributed by atoms with van der Waals surface area (Å²) in [7, 11) is 0. The average Bonchev–Trinajstić information content (AvgIpc) is 3.02. The van der Waals surface area contributed by atoms with Crippen molar-refractivity contribution in [3.63, 3.8) is 0 Å². The number of carbonyl (C=O) groups excluding carboxylic acids is 2. The monoisotopic (exact) mass is 289 g/mol. The zero-order chi connectivity index (χ0) is 15.0. The molecule has 1 aromatic rings. The van der Waals surface area contributed by atoms with E-state index < -0.39 is 24.1 Å². The Kier molecular flexibility index (Phi) is 3.37. The molecule has 1 N–H and O–H groups in total. The van der Waals surface area contributed by atoms with E-state index in [2.05, 4.69) is 0 Å². The van der Waals surface area contributed by atoms with Crippen molar-refractivity contribution in [3.05, 3.63) is 35.9 Å². The van der Waals surface area contributed by atoms with Crippen LogP contribution < -0.4 is 0 Å². The Bertz CT molecular complexity index is 585. The summed E-state index contributed by atoms with van der Waals surface area (Å²) in [6, 6.07) is 7.53. The number of nitrogens with zero attached hydrogens (tertiary/aromatic N) is 1. The van der Waals surface area contributed by atoms with Gasteiger partial charge in [0.05, 0.1) is 6.04 Å². The largest absolute Gasteiger partial charge is 0.480 e. The second kappa shape index (κ2) is 5.20. The lowest BCUT2D eigenvalue weighted by Gasteiger charge is -2.30. The number of carbonyl (C=O) groups is 3.